The molecule has 0 aliphatic heterocycles. The zero-order valence-corrected chi connectivity index (χ0v) is 13.6. The van der Waals surface area contributed by atoms with E-state index >= 15 is 0 Å². The van der Waals surface area contributed by atoms with Crippen molar-refractivity contribution in [1.82, 2.24) is 0 Å². The number of hydrogen-bond acceptors (Lipinski definition) is 4. The second-order valence-corrected chi connectivity index (χ2v) is 4.76. The fraction of sp³-hybridized carbons (Fsp3) is 0.167. The molecule has 0 fully saturated rings. The highest BCUT2D eigenvalue weighted by Gasteiger charge is 2.13. The quantitative estimate of drug-likeness (QED) is 0.823. The third-order valence-electron chi connectivity index (χ3n) is 3.25. The standard InChI is InChI=1S/C18H18FNO4/c1-22-15-10-13(11-16(23-2)18(15)24-3)20-17(21)9-8-12-6-4-5-7-14(12)19/h4-11H,1-3H3,(H,20,21)/b9-8+. The van der Waals surface area contributed by atoms with E-state index in [1.807, 2.05) is 0 Å². The minimum Gasteiger partial charge on any atom is -0.493 e. The summed E-state index contributed by atoms with van der Waals surface area (Å²) in [5.74, 6) is 0.470. The second-order valence-electron chi connectivity index (χ2n) is 4.76. The van der Waals surface area contributed by atoms with E-state index in [2.05, 4.69) is 5.32 Å². The van der Waals surface area contributed by atoms with Gasteiger partial charge in [-0.05, 0) is 12.1 Å². The second kappa shape index (κ2) is 8.01. The molecule has 2 rings (SSSR count). The van der Waals surface area contributed by atoms with Crippen LogP contribution in [-0.4, -0.2) is 27.2 Å². The Bertz CT molecular complexity index is 733. The molecule has 0 spiro atoms. The lowest BCUT2D eigenvalue weighted by Crippen LogP contribution is -2.08. The van der Waals surface area contributed by atoms with Crippen molar-refractivity contribution in [2.24, 2.45) is 0 Å². The van der Waals surface area contributed by atoms with Gasteiger partial charge in [-0.25, -0.2) is 4.39 Å². The van der Waals surface area contributed by atoms with Crippen molar-refractivity contribution in [3.05, 3.63) is 53.9 Å². The molecule has 24 heavy (non-hydrogen) atoms. The van der Waals surface area contributed by atoms with E-state index in [-0.39, 0.29) is 0 Å². The van der Waals surface area contributed by atoms with Crippen molar-refractivity contribution in [3.63, 3.8) is 0 Å². The van der Waals surface area contributed by atoms with Gasteiger partial charge < -0.3 is 19.5 Å². The molecular weight excluding hydrogens is 313 g/mol. The first-order valence-electron chi connectivity index (χ1n) is 7.12. The molecule has 0 unspecified atom stereocenters. The molecule has 5 nitrogen and oxygen atoms in total. The number of rotatable bonds is 6. The number of hydrogen-bond donors (Lipinski definition) is 1. The van der Waals surface area contributed by atoms with E-state index in [4.69, 9.17) is 14.2 Å². The molecule has 0 heterocycles. The topological polar surface area (TPSA) is 56.8 Å². The van der Waals surface area contributed by atoms with Gasteiger partial charge in [-0.3, -0.25) is 4.79 Å². The Morgan fingerprint density at radius 2 is 1.67 bits per heavy atom. The molecule has 0 aromatic heterocycles. The molecule has 2 aromatic rings. The third-order valence-corrected chi connectivity index (χ3v) is 3.25. The van der Waals surface area contributed by atoms with Crippen LogP contribution in [-0.2, 0) is 4.79 Å². The summed E-state index contributed by atoms with van der Waals surface area (Å²) in [4.78, 5) is 12.0. The fourth-order valence-electron chi connectivity index (χ4n) is 2.11. The molecule has 126 valence electrons. The highest BCUT2D eigenvalue weighted by atomic mass is 19.1. The van der Waals surface area contributed by atoms with Gasteiger partial charge in [0.1, 0.15) is 5.82 Å². The van der Waals surface area contributed by atoms with Crippen molar-refractivity contribution >= 4 is 17.7 Å². The predicted molar refractivity (Wildman–Crippen MR) is 90.2 cm³/mol. The van der Waals surface area contributed by atoms with Gasteiger partial charge in [-0.1, -0.05) is 18.2 Å². The number of halogens is 1. The minimum absolute atomic E-state index is 0.331. The maximum absolute atomic E-state index is 13.5. The number of amides is 1. The predicted octanol–water partition coefficient (Wildman–Crippen LogP) is 3.50. The number of anilines is 1. The van der Waals surface area contributed by atoms with Crippen LogP contribution >= 0.6 is 0 Å². The van der Waals surface area contributed by atoms with Gasteiger partial charge in [-0.2, -0.15) is 0 Å². The molecular formula is C18H18FNO4. The van der Waals surface area contributed by atoms with E-state index < -0.39 is 11.7 Å². The van der Waals surface area contributed by atoms with Crippen LogP contribution in [0.3, 0.4) is 0 Å². The highest BCUT2D eigenvalue weighted by molar-refractivity contribution is 6.02. The van der Waals surface area contributed by atoms with Crippen molar-refractivity contribution in [1.29, 1.82) is 0 Å². The Hall–Kier alpha value is -3.02. The zero-order valence-electron chi connectivity index (χ0n) is 13.6. The molecule has 0 aliphatic carbocycles. The number of benzene rings is 2. The lowest BCUT2D eigenvalue weighted by Gasteiger charge is -2.14. The zero-order chi connectivity index (χ0) is 17.5. The SMILES string of the molecule is COc1cc(NC(=O)/C=C/c2ccccc2F)cc(OC)c1OC. The fourth-order valence-corrected chi connectivity index (χ4v) is 2.11. The molecule has 0 saturated carbocycles. The Kier molecular flexibility index (Phi) is 5.78. The number of carbonyl (C=O) groups excluding carboxylic acids is 1. The van der Waals surface area contributed by atoms with Crippen molar-refractivity contribution in [2.75, 3.05) is 26.6 Å². The number of methoxy groups -OCH3 is 3. The Balaban J connectivity index is 2.18. The van der Waals surface area contributed by atoms with Gasteiger partial charge in [0.15, 0.2) is 11.5 Å². The van der Waals surface area contributed by atoms with Crippen molar-refractivity contribution < 1.29 is 23.4 Å². The molecule has 0 radical (unpaired) electrons. The summed E-state index contributed by atoms with van der Waals surface area (Å²) in [5, 5.41) is 2.67. The van der Waals surface area contributed by atoms with Crippen LogP contribution in [0, 0.1) is 5.82 Å². The van der Waals surface area contributed by atoms with Crippen LogP contribution in [0.25, 0.3) is 6.08 Å². The summed E-state index contributed by atoms with van der Waals surface area (Å²) in [5.41, 5.74) is 0.797. The molecule has 0 atom stereocenters. The van der Waals surface area contributed by atoms with Crippen LogP contribution in [0.5, 0.6) is 17.2 Å². The molecule has 0 aliphatic rings. The first-order chi connectivity index (χ1) is 11.6. The minimum atomic E-state index is -0.410. The van der Waals surface area contributed by atoms with Gasteiger partial charge in [0.25, 0.3) is 0 Å². The average Bonchev–Trinajstić information content (AvgIpc) is 2.60. The molecule has 2 aromatic carbocycles. The van der Waals surface area contributed by atoms with Gasteiger partial charge in [0, 0.05) is 29.5 Å². The Morgan fingerprint density at radius 1 is 1.04 bits per heavy atom. The maximum Gasteiger partial charge on any atom is 0.248 e. The lowest BCUT2D eigenvalue weighted by molar-refractivity contribution is -0.111. The molecule has 0 saturated heterocycles. The largest absolute Gasteiger partial charge is 0.493 e. The van der Waals surface area contributed by atoms with Crippen molar-refractivity contribution in [3.8, 4) is 17.2 Å². The normalized spacial score (nSPS) is 10.5. The molecule has 1 N–H and O–H groups in total. The van der Waals surface area contributed by atoms with E-state index in [0.29, 0.717) is 28.5 Å². The monoisotopic (exact) mass is 331 g/mol. The smallest absolute Gasteiger partial charge is 0.248 e. The Morgan fingerprint density at radius 3 is 2.21 bits per heavy atom. The molecule has 1 amide bonds. The maximum atomic E-state index is 13.5. The van der Waals surface area contributed by atoms with E-state index in [1.165, 1.54) is 39.5 Å². The average molecular weight is 331 g/mol. The lowest BCUT2D eigenvalue weighted by atomic mass is 10.2. The Labute approximate surface area is 139 Å². The van der Waals surface area contributed by atoms with E-state index in [9.17, 15) is 9.18 Å². The van der Waals surface area contributed by atoms with E-state index in [1.54, 1.807) is 30.3 Å². The van der Waals surface area contributed by atoms with Gasteiger partial charge in [0.05, 0.1) is 21.3 Å². The number of nitrogens with one attached hydrogen (secondary N) is 1. The van der Waals surface area contributed by atoms with Crippen molar-refractivity contribution in [2.45, 2.75) is 0 Å². The highest BCUT2D eigenvalue weighted by Crippen LogP contribution is 2.39. The number of carbonyl (C=O) groups is 1. The van der Waals surface area contributed by atoms with Gasteiger partial charge in [-0.15, -0.1) is 0 Å². The summed E-state index contributed by atoms with van der Waals surface area (Å²) < 4.78 is 29.2. The third kappa shape index (κ3) is 4.04. The number of ether oxygens (including phenoxy) is 3. The summed E-state index contributed by atoms with van der Waals surface area (Å²) in [6, 6.07) is 9.41. The molecule has 0 bridgehead atoms. The van der Waals surface area contributed by atoms with Crippen LogP contribution in [0.15, 0.2) is 42.5 Å². The summed E-state index contributed by atoms with van der Waals surface area (Å²) >= 11 is 0. The van der Waals surface area contributed by atoms with Crippen LogP contribution < -0.4 is 19.5 Å². The molecule has 6 heteroatoms. The summed E-state index contributed by atoms with van der Waals surface area (Å²) in [6.45, 7) is 0. The van der Waals surface area contributed by atoms with E-state index in [0.717, 1.165) is 0 Å². The van der Waals surface area contributed by atoms with Gasteiger partial charge in [0.2, 0.25) is 11.7 Å². The first kappa shape index (κ1) is 17.3. The van der Waals surface area contributed by atoms with Crippen LogP contribution in [0.1, 0.15) is 5.56 Å². The summed E-state index contributed by atoms with van der Waals surface area (Å²) in [7, 11) is 4.47. The summed E-state index contributed by atoms with van der Waals surface area (Å²) in [6.07, 6.45) is 2.66. The first-order valence-corrected chi connectivity index (χ1v) is 7.12. The van der Waals surface area contributed by atoms with Gasteiger partial charge >= 0.3 is 0 Å². The van der Waals surface area contributed by atoms with Crippen LogP contribution in [0.2, 0.25) is 0 Å². The van der Waals surface area contributed by atoms with Crippen LogP contribution in [0.4, 0.5) is 10.1 Å².